The van der Waals surface area contributed by atoms with E-state index in [1.165, 1.54) is 17.3 Å². The molecule has 27 heavy (non-hydrogen) atoms. The van der Waals surface area contributed by atoms with E-state index in [1.54, 1.807) is 24.4 Å². The van der Waals surface area contributed by atoms with Crippen LogP contribution in [0.2, 0.25) is 0 Å². The van der Waals surface area contributed by atoms with E-state index in [0.717, 1.165) is 17.5 Å². The van der Waals surface area contributed by atoms with Crippen LogP contribution >= 0.6 is 0 Å². The van der Waals surface area contributed by atoms with Crippen LogP contribution in [0.1, 0.15) is 60.2 Å². The molecular weight excluding hydrogens is 338 g/mol. The number of benzene rings is 2. The maximum atomic E-state index is 12.1. The first-order chi connectivity index (χ1) is 12.7. The standard InChI is InChI=1S/C22H27N3O2/c1-14-10-19-18(15(2)12-22(3,4)25(19)5)11-16(14)13-23-24-21(27)17-8-6-7-9-20(17)26/h6-11,13,15,26H,12H2,1-5H3,(H,24,27)/b23-13+/t15-/m1/s1. The molecule has 2 aromatic rings. The molecule has 5 heteroatoms. The molecule has 0 radical (unpaired) electrons. The number of carbonyl (C=O) groups excluding carboxylic acids is 1. The average Bonchev–Trinajstić information content (AvgIpc) is 2.60. The van der Waals surface area contributed by atoms with E-state index >= 15 is 0 Å². The van der Waals surface area contributed by atoms with Crippen molar-refractivity contribution in [2.75, 3.05) is 11.9 Å². The zero-order valence-electron chi connectivity index (χ0n) is 16.6. The third-order valence-corrected chi connectivity index (χ3v) is 5.54. The minimum atomic E-state index is -0.435. The van der Waals surface area contributed by atoms with E-state index in [4.69, 9.17) is 0 Å². The zero-order valence-corrected chi connectivity index (χ0v) is 16.6. The van der Waals surface area contributed by atoms with Crippen LogP contribution in [-0.4, -0.2) is 29.8 Å². The van der Waals surface area contributed by atoms with E-state index < -0.39 is 5.91 Å². The van der Waals surface area contributed by atoms with Gasteiger partial charge in [0.1, 0.15) is 5.75 Å². The molecule has 5 nitrogen and oxygen atoms in total. The Balaban J connectivity index is 1.82. The van der Waals surface area contributed by atoms with Crippen molar-refractivity contribution in [1.29, 1.82) is 0 Å². The number of fused-ring (bicyclic) bond motifs is 1. The van der Waals surface area contributed by atoms with Gasteiger partial charge in [-0.25, -0.2) is 5.43 Å². The Labute approximate surface area is 160 Å². The number of aryl methyl sites for hydroxylation is 1. The fourth-order valence-electron chi connectivity index (χ4n) is 3.76. The van der Waals surface area contributed by atoms with Gasteiger partial charge in [0, 0.05) is 18.3 Å². The molecule has 2 aromatic carbocycles. The van der Waals surface area contributed by atoms with Crippen molar-refractivity contribution in [3.63, 3.8) is 0 Å². The second-order valence-corrected chi connectivity index (χ2v) is 7.96. The number of carbonyl (C=O) groups is 1. The lowest BCUT2D eigenvalue weighted by molar-refractivity contribution is 0.0952. The summed E-state index contributed by atoms with van der Waals surface area (Å²) >= 11 is 0. The molecule has 0 bridgehead atoms. The number of para-hydroxylation sites is 1. The quantitative estimate of drug-likeness (QED) is 0.633. The lowest BCUT2D eigenvalue weighted by Gasteiger charge is -2.45. The van der Waals surface area contributed by atoms with Crippen LogP contribution < -0.4 is 10.3 Å². The largest absolute Gasteiger partial charge is 0.507 e. The zero-order chi connectivity index (χ0) is 19.8. The molecule has 2 N–H and O–H groups in total. The Hall–Kier alpha value is -2.82. The first-order valence-electron chi connectivity index (χ1n) is 9.20. The van der Waals surface area contributed by atoms with Crippen LogP contribution in [0.15, 0.2) is 41.5 Å². The summed E-state index contributed by atoms with van der Waals surface area (Å²) in [5.41, 5.74) is 7.46. The maximum Gasteiger partial charge on any atom is 0.275 e. The van der Waals surface area contributed by atoms with Gasteiger partial charge in [0.25, 0.3) is 5.91 Å². The van der Waals surface area contributed by atoms with Gasteiger partial charge in [-0.05, 0) is 74.1 Å². The Kier molecular flexibility index (Phi) is 4.96. The summed E-state index contributed by atoms with van der Waals surface area (Å²) in [6.07, 6.45) is 2.75. The van der Waals surface area contributed by atoms with Crippen LogP contribution in [-0.2, 0) is 0 Å². The number of hydrogen-bond acceptors (Lipinski definition) is 4. The van der Waals surface area contributed by atoms with Gasteiger partial charge in [0.05, 0.1) is 11.8 Å². The maximum absolute atomic E-state index is 12.1. The molecule has 142 valence electrons. The van der Waals surface area contributed by atoms with Crippen molar-refractivity contribution in [1.82, 2.24) is 5.43 Å². The molecule has 1 aliphatic rings. The predicted molar refractivity (Wildman–Crippen MR) is 110 cm³/mol. The van der Waals surface area contributed by atoms with Gasteiger partial charge in [-0.15, -0.1) is 0 Å². The van der Waals surface area contributed by atoms with E-state index in [0.29, 0.717) is 5.92 Å². The number of aromatic hydroxyl groups is 1. The van der Waals surface area contributed by atoms with Crippen LogP contribution in [0, 0.1) is 6.92 Å². The third-order valence-electron chi connectivity index (χ3n) is 5.54. The van der Waals surface area contributed by atoms with Gasteiger partial charge in [-0.1, -0.05) is 19.1 Å². The molecule has 0 aliphatic carbocycles. The number of amides is 1. The summed E-state index contributed by atoms with van der Waals surface area (Å²) in [6, 6.07) is 10.8. The van der Waals surface area contributed by atoms with Crippen molar-refractivity contribution in [2.24, 2.45) is 5.10 Å². The fraction of sp³-hybridized carbons (Fsp3) is 0.364. The Bertz CT molecular complexity index is 902. The van der Waals surface area contributed by atoms with Gasteiger partial charge in [0.15, 0.2) is 0 Å². The van der Waals surface area contributed by atoms with Gasteiger partial charge < -0.3 is 10.0 Å². The van der Waals surface area contributed by atoms with Gasteiger partial charge in [-0.2, -0.15) is 5.10 Å². The van der Waals surface area contributed by atoms with Crippen molar-refractivity contribution in [3.05, 3.63) is 58.7 Å². The van der Waals surface area contributed by atoms with E-state index in [2.05, 4.69) is 55.4 Å². The Morgan fingerprint density at radius 1 is 1.33 bits per heavy atom. The van der Waals surface area contributed by atoms with Crippen molar-refractivity contribution in [3.8, 4) is 5.75 Å². The molecule has 1 heterocycles. The van der Waals surface area contributed by atoms with Crippen molar-refractivity contribution < 1.29 is 9.90 Å². The number of anilines is 1. The SMILES string of the molecule is Cc1cc2c(cc1/C=N/NC(=O)c1ccccc1O)[C@H](C)CC(C)(C)N2C. The molecule has 1 aliphatic heterocycles. The first kappa shape index (κ1) is 19.0. The van der Waals surface area contributed by atoms with Crippen molar-refractivity contribution >= 4 is 17.8 Å². The average molecular weight is 365 g/mol. The molecule has 0 fully saturated rings. The third kappa shape index (κ3) is 3.68. The second kappa shape index (κ2) is 7.06. The smallest absolute Gasteiger partial charge is 0.275 e. The molecule has 0 saturated carbocycles. The molecule has 0 saturated heterocycles. The topological polar surface area (TPSA) is 64.9 Å². The van der Waals surface area contributed by atoms with Crippen LogP contribution in [0.4, 0.5) is 5.69 Å². The lowest BCUT2D eigenvalue weighted by Crippen LogP contribution is -2.45. The molecule has 1 atom stereocenters. The number of nitrogens with zero attached hydrogens (tertiary/aromatic N) is 2. The molecule has 0 unspecified atom stereocenters. The number of nitrogens with one attached hydrogen (secondary N) is 1. The van der Waals surface area contributed by atoms with Gasteiger partial charge >= 0.3 is 0 Å². The van der Waals surface area contributed by atoms with E-state index in [-0.39, 0.29) is 16.9 Å². The fourth-order valence-corrected chi connectivity index (χ4v) is 3.76. The normalized spacial score (nSPS) is 18.4. The van der Waals surface area contributed by atoms with Crippen LogP contribution in [0.3, 0.4) is 0 Å². The summed E-state index contributed by atoms with van der Waals surface area (Å²) < 4.78 is 0. The molecular formula is C22H27N3O2. The van der Waals surface area contributed by atoms with Crippen molar-refractivity contribution in [2.45, 2.75) is 45.6 Å². The molecule has 1 amide bonds. The van der Waals surface area contributed by atoms with E-state index in [1.807, 2.05) is 6.92 Å². The number of rotatable bonds is 3. The predicted octanol–water partition coefficient (Wildman–Crippen LogP) is 4.19. The minimum Gasteiger partial charge on any atom is -0.507 e. The highest BCUT2D eigenvalue weighted by molar-refractivity contribution is 5.97. The molecule has 0 spiro atoms. The summed E-state index contributed by atoms with van der Waals surface area (Å²) in [5.74, 6) is -0.0424. The first-order valence-corrected chi connectivity index (χ1v) is 9.20. The number of hydrogen-bond donors (Lipinski definition) is 2. The summed E-state index contributed by atoms with van der Waals surface area (Å²) in [7, 11) is 2.14. The number of phenols is 1. The molecule has 3 rings (SSSR count). The monoisotopic (exact) mass is 365 g/mol. The Morgan fingerprint density at radius 3 is 2.74 bits per heavy atom. The highest BCUT2D eigenvalue weighted by atomic mass is 16.3. The highest BCUT2D eigenvalue weighted by Gasteiger charge is 2.34. The summed E-state index contributed by atoms with van der Waals surface area (Å²) in [5, 5.41) is 13.8. The lowest BCUT2D eigenvalue weighted by atomic mass is 9.79. The minimum absolute atomic E-state index is 0.0605. The van der Waals surface area contributed by atoms with Crippen LogP contribution in [0.5, 0.6) is 5.75 Å². The molecule has 0 aromatic heterocycles. The number of hydrazone groups is 1. The van der Waals surface area contributed by atoms with Crippen LogP contribution in [0.25, 0.3) is 0 Å². The second-order valence-electron chi connectivity index (χ2n) is 7.96. The highest BCUT2D eigenvalue weighted by Crippen LogP contribution is 2.43. The number of phenolic OH excluding ortho intramolecular Hbond substituents is 1. The Morgan fingerprint density at radius 2 is 2.04 bits per heavy atom. The van der Waals surface area contributed by atoms with E-state index in [9.17, 15) is 9.90 Å². The van der Waals surface area contributed by atoms with Gasteiger partial charge in [0.2, 0.25) is 0 Å². The summed E-state index contributed by atoms with van der Waals surface area (Å²) in [4.78, 5) is 14.5. The van der Waals surface area contributed by atoms with Gasteiger partial charge in [-0.3, -0.25) is 4.79 Å². The summed E-state index contributed by atoms with van der Waals surface area (Å²) in [6.45, 7) is 8.84.